The van der Waals surface area contributed by atoms with Gasteiger partial charge in [0.05, 0.1) is 18.1 Å². The van der Waals surface area contributed by atoms with Gasteiger partial charge in [-0.25, -0.2) is 4.98 Å². The molecule has 1 aromatic heterocycles. The highest BCUT2D eigenvalue weighted by Crippen LogP contribution is 2.30. The summed E-state index contributed by atoms with van der Waals surface area (Å²) in [4.78, 5) is 30.2. The Kier molecular flexibility index (Phi) is 5.65. The van der Waals surface area contributed by atoms with Gasteiger partial charge in [0.2, 0.25) is 5.88 Å². The molecule has 7 heteroatoms. The highest BCUT2D eigenvalue weighted by atomic mass is 35.5. The number of carboxylic acid groups (broad SMARTS) is 1. The van der Waals surface area contributed by atoms with Gasteiger partial charge in [-0.1, -0.05) is 49.7 Å². The Labute approximate surface area is 162 Å². The lowest BCUT2D eigenvalue weighted by Gasteiger charge is -2.32. The first-order chi connectivity index (χ1) is 12.9. The van der Waals surface area contributed by atoms with Crippen molar-refractivity contribution in [2.24, 2.45) is 5.92 Å². The minimum Gasteiger partial charge on any atom is -0.481 e. The lowest BCUT2D eigenvalue weighted by atomic mass is 9.89. The van der Waals surface area contributed by atoms with Crippen molar-refractivity contribution in [3.63, 3.8) is 0 Å². The maximum absolute atomic E-state index is 12.9. The molecule has 1 aromatic carbocycles. The Morgan fingerprint density at radius 2 is 2.11 bits per heavy atom. The molecule has 0 bridgehead atoms. The van der Waals surface area contributed by atoms with Gasteiger partial charge in [-0.3, -0.25) is 9.59 Å². The van der Waals surface area contributed by atoms with Crippen molar-refractivity contribution in [3.8, 4) is 5.88 Å². The monoisotopic (exact) mass is 388 g/mol. The number of aliphatic carboxylic acids is 1. The minimum absolute atomic E-state index is 0.106. The fraction of sp³-hybridized carbons (Fsp3) is 0.350. The fourth-order valence-electron chi connectivity index (χ4n) is 3.05. The number of amides is 1. The quantitative estimate of drug-likeness (QED) is 0.846. The van der Waals surface area contributed by atoms with Gasteiger partial charge < -0.3 is 14.7 Å². The molecular formula is C20H21ClN2O4. The topological polar surface area (TPSA) is 79.7 Å². The standard InChI is InChI=1S/C20H21ClN2O4/c1-12(2)11-27-18-17(21)7-14(8-22-18)19(24)23-9-13-5-3-4-6-15(13)16(10-23)20(25)26/h3-8,12,16H,9-11H2,1-2H3,(H,25,26). The van der Waals surface area contributed by atoms with Crippen LogP contribution in [-0.2, 0) is 11.3 Å². The molecule has 1 amide bonds. The van der Waals surface area contributed by atoms with Crippen LogP contribution in [0.4, 0.5) is 0 Å². The molecule has 2 aromatic rings. The molecule has 1 atom stereocenters. The highest BCUT2D eigenvalue weighted by Gasteiger charge is 2.33. The molecule has 0 spiro atoms. The zero-order valence-corrected chi connectivity index (χ0v) is 15.9. The van der Waals surface area contributed by atoms with Gasteiger partial charge >= 0.3 is 5.97 Å². The third kappa shape index (κ3) is 4.22. The third-order valence-electron chi connectivity index (χ3n) is 4.39. The number of ether oxygens (including phenoxy) is 1. The van der Waals surface area contributed by atoms with Crippen molar-refractivity contribution in [2.75, 3.05) is 13.2 Å². The zero-order valence-electron chi connectivity index (χ0n) is 15.2. The maximum Gasteiger partial charge on any atom is 0.312 e. The number of rotatable bonds is 5. The Hall–Kier alpha value is -2.60. The first-order valence-electron chi connectivity index (χ1n) is 8.75. The van der Waals surface area contributed by atoms with Crippen molar-refractivity contribution in [2.45, 2.75) is 26.3 Å². The number of hydrogen-bond donors (Lipinski definition) is 1. The largest absolute Gasteiger partial charge is 0.481 e. The second-order valence-electron chi connectivity index (χ2n) is 6.99. The van der Waals surface area contributed by atoms with Crippen LogP contribution in [0.25, 0.3) is 0 Å². The van der Waals surface area contributed by atoms with Crippen LogP contribution < -0.4 is 4.74 Å². The van der Waals surface area contributed by atoms with E-state index in [1.54, 1.807) is 6.07 Å². The molecule has 0 aliphatic carbocycles. The smallest absolute Gasteiger partial charge is 0.312 e. The second kappa shape index (κ2) is 7.96. The van der Waals surface area contributed by atoms with Crippen LogP contribution in [0.5, 0.6) is 5.88 Å². The normalized spacial score (nSPS) is 16.1. The van der Waals surface area contributed by atoms with E-state index in [1.165, 1.54) is 17.2 Å². The van der Waals surface area contributed by atoms with Gasteiger partial charge in [0.15, 0.2) is 0 Å². The Morgan fingerprint density at radius 3 is 2.78 bits per heavy atom. The van der Waals surface area contributed by atoms with Crippen molar-refractivity contribution in [1.29, 1.82) is 0 Å². The summed E-state index contributed by atoms with van der Waals surface area (Å²) in [6.45, 7) is 4.96. The number of carboxylic acids is 1. The molecule has 2 heterocycles. The third-order valence-corrected chi connectivity index (χ3v) is 4.66. The number of fused-ring (bicyclic) bond motifs is 1. The number of pyridine rings is 1. The predicted octanol–water partition coefficient (Wildman–Crippen LogP) is 3.59. The molecule has 1 aliphatic rings. The summed E-state index contributed by atoms with van der Waals surface area (Å²) in [5.74, 6) is -1.40. The summed E-state index contributed by atoms with van der Waals surface area (Å²) in [6, 6.07) is 8.81. The molecule has 0 saturated carbocycles. The SMILES string of the molecule is CC(C)COc1ncc(C(=O)N2Cc3ccccc3C(C(=O)O)C2)cc1Cl. The first-order valence-corrected chi connectivity index (χ1v) is 9.12. The zero-order chi connectivity index (χ0) is 19.6. The highest BCUT2D eigenvalue weighted by molar-refractivity contribution is 6.32. The van der Waals surface area contributed by atoms with Crippen molar-refractivity contribution in [1.82, 2.24) is 9.88 Å². The van der Waals surface area contributed by atoms with Crippen LogP contribution in [0.15, 0.2) is 36.5 Å². The van der Waals surface area contributed by atoms with Gasteiger partial charge in [0, 0.05) is 19.3 Å². The maximum atomic E-state index is 12.9. The van der Waals surface area contributed by atoms with Crippen molar-refractivity contribution >= 4 is 23.5 Å². The number of benzene rings is 1. The van der Waals surface area contributed by atoms with Gasteiger partial charge in [0.1, 0.15) is 5.02 Å². The second-order valence-corrected chi connectivity index (χ2v) is 7.40. The van der Waals surface area contributed by atoms with E-state index in [2.05, 4.69) is 4.98 Å². The molecule has 0 radical (unpaired) electrons. The number of carbonyl (C=O) groups is 2. The minimum atomic E-state index is -0.950. The molecule has 1 unspecified atom stereocenters. The van der Waals surface area contributed by atoms with E-state index in [0.29, 0.717) is 24.6 Å². The summed E-state index contributed by atoms with van der Waals surface area (Å²) in [6.07, 6.45) is 1.42. The summed E-state index contributed by atoms with van der Waals surface area (Å²) in [5, 5.41) is 9.81. The van der Waals surface area contributed by atoms with Crippen LogP contribution in [0.2, 0.25) is 5.02 Å². The summed E-state index contributed by atoms with van der Waals surface area (Å²) in [7, 11) is 0. The lowest BCUT2D eigenvalue weighted by molar-refractivity contribution is -0.139. The lowest BCUT2D eigenvalue weighted by Crippen LogP contribution is -2.40. The van der Waals surface area contributed by atoms with E-state index in [-0.39, 0.29) is 23.4 Å². The predicted molar refractivity (Wildman–Crippen MR) is 101 cm³/mol. The van der Waals surface area contributed by atoms with Crippen molar-refractivity contribution in [3.05, 3.63) is 58.2 Å². The van der Waals surface area contributed by atoms with Crippen LogP contribution in [0.1, 0.15) is 41.3 Å². The molecule has 3 rings (SSSR count). The summed E-state index contributed by atoms with van der Waals surface area (Å²) < 4.78 is 5.53. The molecule has 0 saturated heterocycles. The molecule has 27 heavy (non-hydrogen) atoms. The first kappa shape index (κ1) is 19.2. The molecule has 1 aliphatic heterocycles. The van der Waals surface area contributed by atoms with Gasteiger partial charge in [0.25, 0.3) is 5.91 Å². The van der Waals surface area contributed by atoms with Crippen LogP contribution in [-0.4, -0.2) is 40.0 Å². The van der Waals surface area contributed by atoms with E-state index in [4.69, 9.17) is 16.3 Å². The van der Waals surface area contributed by atoms with Crippen molar-refractivity contribution < 1.29 is 19.4 Å². The molecule has 0 fully saturated rings. The van der Waals surface area contributed by atoms with Gasteiger partial charge in [-0.2, -0.15) is 0 Å². The summed E-state index contributed by atoms with van der Waals surface area (Å²) in [5.41, 5.74) is 1.89. The van der Waals surface area contributed by atoms with E-state index in [9.17, 15) is 14.7 Å². The van der Waals surface area contributed by atoms with Crippen LogP contribution in [0.3, 0.4) is 0 Å². The van der Waals surface area contributed by atoms with E-state index in [0.717, 1.165) is 11.1 Å². The Bertz CT molecular complexity index is 869. The van der Waals surface area contributed by atoms with Crippen LogP contribution in [0, 0.1) is 5.92 Å². The molecule has 1 N–H and O–H groups in total. The summed E-state index contributed by atoms with van der Waals surface area (Å²) >= 11 is 6.20. The number of aromatic nitrogens is 1. The van der Waals surface area contributed by atoms with E-state index < -0.39 is 11.9 Å². The number of hydrogen-bond acceptors (Lipinski definition) is 4. The molecular weight excluding hydrogens is 368 g/mol. The molecule has 142 valence electrons. The number of nitrogens with zero attached hydrogens (tertiary/aromatic N) is 2. The van der Waals surface area contributed by atoms with Gasteiger partial charge in [-0.15, -0.1) is 0 Å². The Balaban J connectivity index is 1.82. The van der Waals surface area contributed by atoms with Crippen LogP contribution >= 0.6 is 11.6 Å². The average Bonchev–Trinajstić information content (AvgIpc) is 2.65. The average molecular weight is 389 g/mol. The fourth-order valence-corrected chi connectivity index (χ4v) is 3.27. The molecule has 6 nitrogen and oxygen atoms in total. The Morgan fingerprint density at radius 1 is 1.37 bits per heavy atom. The van der Waals surface area contributed by atoms with E-state index >= 15 is 0 Å². The number of halogens is 1. The van der Waals surface area contributed by atoms with E-state index in [1.807, 2.05) is 32.0 Å². The van der Waals surface area contributed by atoms with Gasteiger partial charge in [-0.05, 0) is 23.1 Å². The number of carbonyl (C=O) groups excluding carboxylic acids is 1.